The van der Waals surface area contributed by atoms with Gasteiger partial charge in [0.2, 0.25) is 11.1 Å². The molecule has 4 rings (SSSR count). The second kappa shape index (κ2) is 7.70. The molecule has 1 N–H and O–H groups in total. The highest BCUT2D eigenvalue weighted by Crippen LogP contribution is 2.36. The highest BCUT2D eigenvalue weighted by molar-refractivity contribution is 7.99. The number of hydrogen-bond donors (Lipinski definition) is 1. The summed E-state index contributed by atoms with van der Waals surface area (Å²) in [7, 11) is 0. The maximum atomic E-state index is 13.1. The molecule has 0 saturated heterocycles. The molecule has 146 valence electrons. The number of nitrogens with zero attached hydrogens (tertiary/aromatic N) is 6. The number of nitrogens with one attached hydrogen (secondary N) is 1. The van der Waals surface area contributed by atoms with Gasteiger partial charge in [-0.15, -0.1) is 5.10 Å². The van der Waals surface area contributed by atoms with Crippen LogP contribution < -0.4 is 5.32 Å². The standard InChI is InChI=1S/C18H20FN7OS/c1-11(16-9-20-25(12(16)2)14-5-3-13(19)4-6-14)21-17(27)10-28-18-22-23-24-26(18)15-7-8-15/h3-6,9,11,15H,7-8,10H2,1-2H3,(H,21,27)/t11-/m0/s1. The Morgan fingerprint density at radius 1 is 1.36 bits per heavy atom. The van der Waals surface area contributed by atoms with Crippen molar-refractivity contribution in [3.05, 3.63) is 47.5 Å². The van der Waals surface area contributed by atoms with Crippen molar-refractivity contribution < 1.29 is 9.18 Å². The van der Waals surface area contributed by atoms with Crippen molar-refractivity contribution in [3.8, 4) is 5.69 Å². The number of halogens is 1. The van der Waals surface area contributed by atoms with Crippen LogP contribution in [0.4, 0.5) is 4.39 Å². The molecule has 8 nitrogen and oxygen atoms in total. The lowest BCUT2D eigenvalue weighted by Gasteiger charge is -2.14. The lowest BCUT2D eigenvalue weighted by molar-refractivity contribution is -0.119. The normalized spacial score (nSPS) is 14.8. The molecule has 1 aliphatic rings. The fraction of sp³-hybridized carbons (Fsp3) is 0.389. The zero-order valence-corrected chi connectivity index (χ0v) is 16.4. The average molecular weight is 401 g/mol. The summed E-state index contributed by atoms with van der Waals surface area (Å²) in [6, 6.07) is 6.30. The van der Waals surface area contributed by atoms with Gasteiger partial charge in [-0.2, -0.15) is 5.10 Å². The van der Waals surface area contributed by atoms with Crippen LogP contribution >= 0.6 is 11.8 Å². The minimum Gasteiger partial charge on any atom is -0.349 e. The first-order valence-electron chi connectivity index (χ1n) is 9.03. The van der Waals surface area contributed by atoms with E-state index in [2.05, 4.69) is 25.9 Å². The minimum atomic E-state index is -0.292. The molecular weight excluding hydrogens is 381 g/mol. The van der Waals surface area contributed by atoms with Gasteiger partial charge in [0.15, 0.2) is 0 Å². The third-order valence-corrected chi connectivity index (χ3v) is 5.58. The van der Waals surface area contributed by atoms with E-state index in [1.165, 1.54) is 23.9 Å². The summed E-state index contributed by atoms with van der Waals surface area (Å²) >= 11 is 1.33. The Balaban J connectivity index is 1.38. The number of tetrazole rings is 1. The van der Waals surface area contributed by atoms with E-state index in [1.54, 1.807) is 27.7 Å². The van der Waals surface area contributed by atoms with E-state index >= 15 is 0 Å². The van der Waals surface area contributed by atoms with Gasteiger partial charge in [-0.1, -0.05) is 11.8 Å². The molecule has 0 spiro atoms. The first-order chi connectivity index (χ1) is 13.5. The predicted molar refractivity (Wildman–Crippen MR) is 102 cm³/mol. The number of carbonyl (C=O) groups is 1. The molecule has 1 fully saturated rings. The Hall–Kier alpha value is -2.75. The fourth-order valence-electron chi connectivity index (χ4n) is 3.01. The molecule has 1 atom stereocenters. The molecule has 0 unspecified atom stereocenters. The Kier molecular flexibility index (Phi) is 5.12. The van der Waals surface area contributed by atoms with Gasteiger partial charge >= 0.3 is 0 Å². The Morgan fingerprint density at radius 2 is 2.11 bits per heavy atom. The van der Waals surface area contributed by atoms with Crippen LogP contribution in [0.2, 0.25) is 0 Å². The summed E-state index contributed by atoms with van der Waals surface area (Å²) in [6.07, 6.45) is 3.89. The monoisotopic (exact) mass is 401 g/mol. The van der Waals surface area contributed by atoms with E-state index in [4.69, 9.17) is 0 Å². The zero-order chi connectivity index (χ0) is 19.7. The van der Waals surface area contributed by atoms with E-state index in [9.17, 15) is 9.18 Å². The summed E-state index contributed by atoms with van der Waals surface area (Å²) in [5.74, 6) is -0.154. The SMILES string of the molecule is Cc1c([C@H](C)NC(=O)CSc2nnnn2C2CC2)cnn1-c1ccc(F)cc1. The van der Waals surface area contributed by atoms with Crippen LogP contribution in [0.25, 0.3) is 5.69 Å². The van der Waals surface area contributed by atoms with Crippen LogP contribution in [0.3, 0.4) is 0 Å². The average Bonchev–Trinajstić information content (AvgIpc) is 3.28. The third-order valence-electron chi connectivity index (χ3n) is 4.65. The molecule has 1 aliphatic carbocycles. The van der Waals surface area contributed by atoms with E-state index in [0.29, 0.717) is 11.2 Å². The molecule has 3 aromatic rings. The van der Waals surface area contributed by atoms with Crippen LogP contribution in [-0.4, -0.2) is 41.6 Å². The second-order valence-corrected chi connectivity index (χ2v) is 7.73. The molecule has 2 heterocycles. The quantitative estimate of drug-likeness (QED) is 0.612. The van der Waals surface area contributed by atoms with Crippen LogP contribution in [0.1, 0.15) is 43.1 Å². The number of carbonyl (C=O) groups excluding carboxylic acids is 1. The van der Waals surface area contributed by atoms with Crippen LogP contribution in [0.15, 0.2) is 35.6 Å². The van der Waals surface area contributed by atoms with Crippen LogP contribution in [-0.2, 0) is 4.79 Å². The maximum Gasteiger partial charge on any atom is 0.230 e. The molecule has 1 amide bonds. The topological polar surface area (TPSA) is 90.5 Å². The molecule has 28 heavy (non-hydrogen) atoms. The number of aromatic nitrogens is 6. The molecule has 10 heteroatoms. The van der Waals surface area contributed by atoms with Gasteiger partial charge in [-0.25, -0.2) is 13.8 Å². The summed E-state index contributed by atoms with van der Waals surface area (Å²) in [5, 5.41) is 19.7. The Morgan fingerprint density at radius 3 is 2.82 bits per heavy atom. The molecular formula is C18H20FN7OS. The van der Waals surface area contributed by atoms with Crippen molar-refractivity contribution in [2.24, 2.45) is 0 Å². The second-order valence-electron chi connectivity index (χ2n) is 6.79. The van der Waals surface area contributed by atoms with Crippen molar-refractivity contribution in [2.45, 2.75) is 43.9 Å². The number of hydrogen-bond acceptors (Lipinski definition) is 6. The number of thioether (sulfide) groups is 1. The van der Waals surface area contributed by atoms with Crippen molar-refractivity contribution in [1.82, 2.24) is 35.3 Å². The maximum absolute atomic E-state index is 13.1. The summed E-state index contributed by atoms with van der Waals surface area (Å²) in [5.41, 5.74) is 2.57. The molecule has 0 aliphatic heterocycles. The number of amides is 1. The highest BCUT2D eigenvalue weighted by atomic mass is 32.2. The van der Waals surface area contributed by atoms with Crippen LogP contribution in [0, 0.1) is 12.7 Å². The van der Waals surface area contributed by atoms with E-state index in [-0.39, 0.29) is 23.5 Å². The molecule has 2 aromatic heterocycles. The largest absolute Gasteiger partial charge is 0.349 e. The van der Waals surface area contributed by atoms with Crippen molar-refractivity contribution in [2.75, 3.05) is 5.75 Å². The predicted octanol–water partition coefficient (Wildman–Crippen LogP) is 2.61. The molecule has 1 saturated carbocycles. The van der Waals surface area contributed by atoms with Gasteiger partial charge in [0.1, 0.15) is 5.82 Å². The van der Waals surface area contributed by atoms with E-state index in [0.717, 1.165) is 29.8 Å². The highest BCUT2D eigenvalue weighted by Gasteiger charge is 2.28. The molecule has 0 bridgehead atoms. The lowest BCUT2D eigenvalue weighted by atomic mass is 10.1. The fourth-order valence-corrected chi connectivity index (χ4v) is 3.77. The Bertz CT molecular complexity index is 980. The van der Waals surface area contributed by atoms with Gasteiger partial charge in [0.25, 0.3) is 0 Å². The van der Waals surface area contributed by atoms with Gasteiger partial charge in [0.05, 0.1) is 29.7 Å². The first-order valence-corrected chi connectivity index (χ1v) is 10.0. The zero-order valence-electron chi connectivity index (χ0n) is 15.5. The van der Waals surface area contributed by atoms with E-state index in [1.807, 2.05) is 13.8 Å². The lowest BCUT2D eigenvalue weighted by Crippen LogP contribution is -2.28. The summed E-state index contributed by atoms with van der Waals surface area (Å²) in [6.45, 7) is 3.84. The summed E-state index contributed by atoms with van der Waals surface area (Å²) < 4.78 is 16.7. The minimum absolute atomic E-state index is 0.100. The van der Waals surface area contributed by atoms with Gasteiger partial charge < -0.3 is 5.32 Å². The van der Waals surface area contributed by atoms with E-state index < -0.39 is 0 Å². The van der Waals surface area contributed by atoms with Crippen molar-refractivity contribution in [3.63, 3.8) is 0 Å². The van der Waals surface area contributed by atoms with Crippen molar-refractivity contribution in [1.29, 1.82) is 0 Å². The Labute approximate surface area is 165 Å². The van der Waals surface area contributed by atoms with Gasteiger partial charge in [-0.05, 0) is 61.4 Å². The molecule has 0 radical (unpaired) electrons. The van der Waals surface area contributed by atoms with Gasteiger partial charge in [0, 0.05) is 11.3 Å². The van der Waals surface area contributed by atoms with Gasteiger partial charge in [-0.3, -0.25) is 4.79 Å². The third kappa shape index (κ3) is 3.91. The molecule has 1 aromatic carbocycles. The van der Waals surface area contributed by atoms with Crippen LogP contribution in [0.5, 0.6) is 0 Å². The summed E-state index contributed by atoms with van der Waals surface area (Å²) in [4.78, 5) is 12.4. The number of rotatable bonds is 7. The smallest absolute Gasteiger partial charge is 0.230 e. The number of benzene rings is 1. The van der Waals surface area contributed by atoms with Crippen molar-refractivity contribution >= 4 is 17.7 Å². The first kappa shape index (κ1) is 18.6.